The minimum absolute atomic E-state index is 0.666. The second kappa shape index (κ2) is 13.2. The van der Waals surface area contributed by atoms with Crippen LogP contribution in [0.5, 0.6) is 0 Å². The van der Waals surface area contributed by atoms with E-state index in [2.05, 4.69) is 48.4 Å². The Bertz CT molecular complexity index is 669. The fourth-order valence-electron chi connectivity index (χ4n) is 3.90. The lowest BCUT2D eigenvalue weighted by Gasteiger charge is -2.22. The molecule has 2 rings (SSSR count). The zero-order valence-corrected chi connectivity index (χ0v) is 19.9. The Morgan fingerprint density at radius 3 is 2.10 bits per heavy atom. The number of halogens is 2. The summed E-state index contributed by atoms with van der Waals surface area (Å²) in [6, 6.07) is 6.49. The van der Waals surface area contributed by atoms with Crippen LogP contribution in [-0.2, 0) is 6.54 Å². The zero-order chi connectivity index (χ0) is 21.1. The summed E-state index contributed by atoms with van der Waals surface area (Å²) in [5.41, 5.74) is 3.65. The number of rotatable bonds is 14. The predicted octanol–water partition coefficient (Wildman–Crippen LogP) is 8.24. The summed E-state index contributed by atoms with van der Waals surface area (Å²) in [5, 5.41) is 1.36. The van der Waals surface area contributed by atoms with Gasteiger partial charge in [-0.15, -0.1) is 0 Å². The smallest absolute Gasteiger partial charge is 0.142 e. The molecule has 0 saturated carbocycles. The normalized spacial score (nSPS) is 14.2. The van der Waals surface area contributed by atoms with Gasteiger partial charge in [-0.1, -0.05) is 113 Å². The van der Waals surface area contributed by atoms with Gasteiger partial charge < -0.3 is 9.80 Å². The second-order valence-corrected chi connectivity index (χ2v) is 8.98. The molecule has 4 heteroatoms. The third-order valence-electron chi connectivity index (χ3n) is 5.79. The molecule has 1 aromatic carbocycles. The summed E-state index contributed by atoms with van der Waals surface area (Å²) in [4.78, 5) is 4.36. The number of aryl methyl sites for hydroxylation is 1. The van der Waals surface area contributed by atoms with Gasteiger partial charge in [0, 0.05) is 13.1 Å². The summed E-state index contributed by atoms with van der Waals surface area (Å²) in [5.74, 6) is 0. The van der Waals surface area contributed by atoms with Crippen LogP contribution < -0.4 is 0 Å². The fraction of sp³-hybridized carbons (Fsp3) is 0.600. The van der Waals surface area contributed by atoms with Gasteiger partial charge in [0.15, 0.2) is 0 Å². The molecular weight excluding hydrogens is 399 g/mol. The van der Waals surface area contributed by atoms with Crippen molar-refractivity contribution in [1.82, 2.24) is 9.80 Å². The predicted molar refractivity (Wildman–Crippen MR) is 129 cm³/mol. The van der Waals surface area contributed by atoms with E-state index in [1.807, 2.05) is 6.08 Å². The van der Waals surface area contributed by atoms with E-state index >= 15 is 0 Å². The Morgan fingerprint density at radius 1 is 0.897 bits per heavy atom. The van der Waals surface area contributed by atoms with Crippen LogP contribution in [0.2, 0.25) is 0 Å². The van der Waals surface area contributed by atoms with Crippen LogP contribution in [0, 0.1) is 6.92 Å². The fourth-order valence-corrected chi connectivity index (χ4v) is 4.39. The van der Waals surface area contributed by atoms with E-state index in [1.165, 1.54) is 80.9 Å². The lowest BCUT2D eigenvalue weighted by Crippen LogP contribution is -2.27. The van der Waals surface area contributed by atoms with E-state index < -0.39 is 0 Å². The van der Waals surface area contributed by atoms with E-state index in [-0.39, 0.29) is 0 Å². The van der Waals surface area contributed by atoms with Crippen LogP contribution in [0.1, 0.15) is 87.8 Å². The molecule has 0 N–H and O–H groups in total. The van der Waals surface area contributed by atoms with Gasteiger partial charge in [0.25, 0.3) is 0 Å². The molecule has 0 unspecified atom stereocenters. The molecular formula is C25H38Cl2N2. The highest BCUT2D eigenvalue weighted by Crippen LogP contribution is 2.31. The molecule has 2 nitrogen and oxygen atoms in total. The highest BCUT2D eigenvalue weighted by Gasteiger charge is 2.26. The number of nitrogens with zero attached hydrogens (tertiary/aromatic N) is 2. The first-order valence-electron chi connectivity index (χ1n) is 11.3. The summed E-state index contributed by atoms with van der Waals surface area (Å²) in [6.07, 6.45) is 15.4. The molecule has 0 atom stereocenters. The first kappa shape index (κ1) is 24.2. The van der Waals surface area contributed by atoms with E-state index in [0.29, 0.717) is 10.3 Å². The van der Waals surface area contributed by atoms with Gasteiger partial charge in [0.1, 0.15) is 10.3 Å². The van der Waals surface area contributed by atoms with Crippen molar-refractivity contribution in [3.8, 4) is 0 Å². The van der Waals surface area contributed by atoms with Crippen LogP contribution in [-0.4, -0.2) is 23.0 Å². The van der Waals surface area contributed by atoms with Crippen molar-refractivity contribution in [1.29, 1.82) is 0 Å². The van der Waals surface area contributed by atoms with Crippen molar-refractivity contribution in [3.05, 3.63) is 51.8 Å². The molecule has 0 saturated heterocycles. The molecule has 162 valence electrons. The van der Waals surface area contributed by atoms with Crippen LogP contribution in [0.4, 0.5) is 0 Å². The minimum Gasteiger partial charge on any atom is -0.342 e. The highest BCUT2D eigenvalue weighted by molar-refractivity contribution is 6.38. The quantitative estimate of drug-likeness (QED) is 0.214. The molecule has 0 spiro atoms. The Labute approximate surface area is 188 Å². The Balaban J connectivity index is 1.67. The van der Waals surface area contributed by atoms with Gasteiger partial charge in [0.05, 0.1) is 6.67 Å². The highest BCUT2D eigenvalue weighted by atomic mass is 35.5. The topological polar surface area (TPSA) is 6.48 Å². The van der Waals surface area contributed by atoms with Crippen molar-refractivity contribution in [3.63, 3.8) is 0 Å². The first-order valence-corrected chi connectivity index (χ1v) is 12.1. The average molecular weight is 437 g/mol. The standard InChI is InChI=1S/C25H38Cl2N2/c1-4-6-7-8-9-10-11-12-13-14-17-28-20-29(25(27)24(28)26)19-22-16-15-21(3)23(5-2)18-22/h5,15-16,18H,2,4,6-14,17,19-20H2,1,3H3. The maximum atomic E-state index is 6.52. The SMILES string of the molecule is C=Cc1cc(CN2CN(CCCCCCCCCCCC)C(Cl)=C2Cl)ccc1C. The molecule has 0 fully saturated rings. The Morgan fingerprint density at radius 2 is 1.48 bits per heavy atom. The van der Waals surface area contributed by atoms with E-state index in [9.17, 15) is 0 Å². The summed E-state index contributed by atoms with van der Waals surface area (Å²) < 4.78 is 0. The van der Waals surface area contributed by atoms with Gasteiger partial charge in [-0.3, -0.25) is 0 Å². The average Bonchev–Trinajstić information content (AvgIpc) is 2.98. The third-order valence-corrected chi connectivity index (χ3v) is 6.72. The number of hydrogen-bond donors (Lipinski definition) is 0. The number of hydrogen-bond acceptors (Lipinski definition) is 2. The zero-order valence-electron chi connectivity index (χ0n) is 18.4. The molecule has 1 aliphatic rings. The van der Waals surface area contributed by atoms with Crippen molar-refractivity contribution < 1.29 is 0 Å². The molecule has 29 heavy (non-hydrogen) atoms. The van der Waals surface area contributed by atoms with Gasteiger partial charge in [-0.05, 0) is 36.1 Å². The molecule has 0 aromatic heterocycles. The lowest BCUT2D eigenvalue weighted by molar-refractivity contribution is 0.249. The molecule has 1 aliphatic heterocycles. The lowest BCUT2D eigenvalue weighted by atomic mass is 10.0. The van der Waals surface area contributed by atoms with Crippen LogP contribution in [0.15, 0.2) is 35.1 Å². The summed E-state index contributed by atoms with van der Waals surface area (Å²) in [6.45, 7) is 10.8. The molecule has 0 amide bonds. The van der Waals surface area contributed by atoms with Crippen molar-refractivity contribution >= 4 is 29.3 Å². The Hall–Kier alpha value is -1.12. The largest absolute Gasteiger partial charge is 0.342 e. The molecule has 0 aliphatic carbocycles. The monoisotopic (exact) mass is 436 g/mol. The summed E-state index contributed by atoms with van der Waals surface area (Å²) >= 11 is 13.0. The van der Waals surface area contributed by atoms with Crippen LogP contribution >= 0.6 is 23.2 Å². The van der Waals surface area contributed by atoms with E-state index in [0.717, 1.165) is 19.8 Å². The van der Waals surface area contributed by atoms with Gasteiger partial charge in [-0.2, -0.15) is 0 Å². The number of benzene rings is 1. The molecule has 1 heterocycles. The van der Waals surface area contributed by atoms with Crippen LogP contribution in [0.25, 0.3) is 6.08 Å². The van der Waals surface area contributed by atoms with E-state index in [1.54, 1.807) is 0 Å². The maximum absolute atomic E-state index is 6.52. The summed E-state index contributed by atoms with van der Waals surface area (Å²) in [7, 11) is 0. The van der Waals surface area contributed by atoms with Crippen molar-refractivity contribution in [2.75, 3.05) is 13.2 Å². The third kappa shape index (κ3) is 7.90. The molecule has 1 aromatic rings. The van der Waals surface area contributed by atoms with Gasteiger partial charge >= 0.3 is 0 Å². The van der Waals surface area contributed by atoms with Crippen molar-refractivity contribution in [2.45, 2.75) is 84.6 Å². The molecule has 0 radical (unpaired) electrons. The molecule has 0 bridgehead atoms. The van der Waals surface area contributed by atoms with Gasteiger partial charge in [-0.25, -0.2) is 0 Å². The van der Waals surface area contributed by atoms with E-state index in [4.69, 9.17) is 23.2 Å². The van der Waals surface area contributed by atoms with Gasteiger partial charge in [0.2, 0.25) is 0 Å². The number of unbranched alkanes of at least 4 members (excludes halogenated alkanes) is 9. The second-order valence-electron chi connectivity index (χ2n) is 8.26. The first-order chi connectivity index (χ1) is 14.1. The minimum atomic E-state index is 0.666. The van der Waals surface area contributed by atoms with Crippen LogP contribution in [0.3, 0.4) is 0 Å². The Kier molecular flexibility index (Phi) is 11.0. The maximum Gasteiger partial charge on any atom is 0.142 e. The van der Waals surface area contributed by atoms with Crippen molar-refractivity contribution in [2.24, 2.45) is 0 Å².